The summed E-state index contributed by atoms with van der Waals surface area (Å²) in [6, 6.07) is 0. The van der Waals surface area contributed by atoms with Gasteiger partial charge in [-0.1, -0.05) is 90.4 Å². The highest BCUT2D eigenvalue weighted by Crippen LogP contribution is 2.49. The molecule has 0 atom stereocenters. The third-order valence-electron chi connectivity index (χ3n) is 5.89. The number of hydrogen-bond acceptors (Lipinski definition) is 3. The maximum atomic E-state index is 13.2. The minimum atomic E-state index is -3.00. The Bertz CT molecular complexity index is 449. The van der Waals surface area contributed by atoms with Gasteiger partial charge in [-0.3, -0.25) is 4.57 Å². The van der Waals surface area contributed by atoms with Crippen LogP contribution < -0.4 is 0 Å². The molecule has 5 nitrogen and oxygen atoms in total. The van der Waals surface area contributed by atoms with Crippen LogP contribution in [0.2, 0.25) is 0 Å². The van der Waals surface area contributed by atoms with Gasteiger partial charge in [0, 0.05) is 0 Å². The third-order valence-corrected chi connectivity index (χ3v) is 7.90. The van der Waals surface area contributed by atoms with Crippen molar-refractivity contribution < 1.29 is 22.6 Å². The third kappa shape index (κ3) is 23.2. The van der Waals surface area contributed by atoms with Crippen LogP contribution in [0.25, 0.3) is 0 Å². The zero-order valence-electron chi connectivity index (χ0n) is 23.0. The van der Waals surface area contributed by atoms with Gasteiger partial charge in [-0.05, 0) is 6.42 Å². The molecule has 0 aliphatic heterocycles. The van der Waals surface area contributed by atoms with E-state index in [1.807, 2.05) is 0 Å². The maximum absolute atomic E-state index is 13.2. The molecule has 32 heavy (non-hydrogen) atoms. The minimum absolute atomic E-state index is 0.490. The first-order chi connectivity index (χ1) is 15.0. The largest absolute Gasteiger partial charge is 0.331 e. The van der Waals surface area contributed by atoms with Crippen molar-refractivity contribution in [2.24, 2.45) is 0 Å². The van der Waals surface area contributed by atoms with Crippen LogP contribution in [0.3, 0.4) is 0 Å². The van der Waals surface area contributed by atoms with Crippen LogP contribution in [-0.4, -0.2) is 83.7 Å². The molecule has 6 heteroatoms. The molecule has 0 bridgehead atoms. The second kappa shape index (κ2) is 18.4. The summed E-state index contributed by atoms with van der Waals surface area (Å²) in [5, 5.41) is 0. The molecule has 0 fully saturated rings. The highest BCUT2D eigenvalue weighted by atomic mass is 31.2. The fraction of sp³-hybridized carbons (Fsp3) is 1.00. The Morgan fingerprint density at radius 1 is 0.531 bits per heavy atom. The molecule has 0 aromatic carbocycles. The molecule has 0 spiro atoms. The smallest absolute Gasteiger partial charge is 0.329 e. The Kier molecular flexibility index (Phi) is 18.4. The predicted octanol–water partition coefficient (Wildman–Crippen LogP) is 7.11. The van der Waals surface area contributed by atoms with Gasteiger partial charge in [-0.15, -0.1) is 0 Å². The Balaban J connectivity index is 3.93. The zero-order chi connectivity index (χ0) is 24.3. The van der Waals surface area contributed by atoms with Crippen LogP contribution in [0.5, 0.6) is 0 Å². The number of likely N-dealkylation sites (N-methyl/N-ethyl adjacent to an activating group) is 2. The summed E-state index contributed by atoms with van der Waals surface area (Å²) in [6.45, 7) is 4.93. The highest BCUT2D eigenvalue weighted by Gasteiger charge is 2.26. The Morgan fingerprint density at radius 2 is 0.844 bits per heavy atom. The van der Waals surface area contributed by atoms with Crippen molar-refractivity contribution in [2.45, 2.75) is 96.8 Å². The van der Waals surface area contributed by atoms with E-state index >= 15 is 0 Å². The van der Waals surface area contributed by atoms with E-state index in [2.05, 4.69) is 49.2 Å². The maximum Gasteiger partial charge on any atom is 0.331 e. The molecular weight excluding hydrogens is 419 g/mol. The number of quaternary nitrogens is 2. The molecule has 0 aliphatic rings. The standard InChI is InChI=1S/C26H59N2O3P/c1-8-9-10-11-12-13-14-15-16-17-18-19-20-21-26-32(29,30-24-22-27(2,3)4)31-25-23-28(5,6)7/h8-26H2,1-7H3/q+2. The van der Waals surface area contributed by atoms with E-state index in [9.17, 15) is 4.57 Å². The lowest BCUT2D eigenvalue weighted by Crippen LogP contribution is -2.38. The van der Waals surface area contributed by atoms with Crippen molar-refractivity contribution in [1.29, 1.82) is 0 Å². The van der Waals surface area contributed by atoms with Gasteiger partial charge in [-0.25, -0.2) is 0 Å². The molecule has 0 N–H and O–H groups in total. The van der Waals surface area contributed by atoms with Crippen molar-refractivity contribution in [1.82, 2.24) is 0 Å². The first-order valence-corrected chi connectivity index (χ1v) is 15.2. The molecule has 0 saturated heterocycles. The molecule has 0 saturated carbocycles. The molecular formula is C26H59N2O3P+2. The van der Waals surface area contributed by atoms with Gasteiger partial charge in [0.15, 0.2) is 0 Å². The van der Waals surface area contributed by atoms with Crippen molar-refractivity contribution in [3.63, 3.8) is 0 Å². The van der Waals surface area contributed by atoms with E-state index in [0.717, 1.165) is 34.9 Å². The summed E-state index contributed by atoms with van der Waals surface area (Å²) in [5.41, 5.74) is 0. The van der Waals surface area contributed by atoms with E-state index in [0.29, 0.717) is 19.4 Å². The van der Waals surface area contributed by atoms with E-state index in [4.69, 9.17) is 9.05 Å². The Labute approximate surface area is 201 Å². The van der Waals surface area contributed by atoms with Gasteiger partial charge in [0.1, 0.15) is 26.3 Å². The Hall–Kier alpha value is 0.0700. The quantitative estimate of drug-likeness (QED) is 0.0892. The van der Waals surface area contributed by atoms with Crippen LogP contribution >= 0.6 is 7.60 Å². The molecule has 0 heterocycles. The van der Waals surface area contributed by atoms with E-state index in [-0.39, 0.29) is 0 Å². The van der Waals surface area contributed by atoms with Gasteiger partial charge in [0.25, 0.3) is 0 Å². The molecule has 0 radical (unpaired) electrons. The van der Waals surface area contributed by atoms with Crippen LogP contribution in [0.4, 0.5) is 0 Å². The summed E-state index contributed by atoms with van der Waals surface area (Å²) >= 11 is 0. The van der Waals surface area contributed by atoms with Crippen molar-refractivity contribution in [3.05, 3.63) is 0 Å². The second-order valence-corrected chi connectivity index (χ2v) is 13.8. The van der Waals surface area contributed by atoms with E-state index in [1.54, 1.807) is 0 Å². The normalized spacial score (nSPS) is 13.1. The molecule has 194 valence electrons. The summed E-state index contributed by atoms with van der Waals surface area (Å²) in [5.74, 6) is 0. The topological polar surface area (TPSA) is 35.5 Å². The monoisotopic (exact) mass is 478 g/mol. The average molecular weight is 479 g/mol. The minimum Gasteiger partial charge on any atom is -0.329 e. The summed E-state index contributed by atoms with van der Waals surface area (Å²) in [4.78, 5) is 0. The average Bonchev–Trinajstić information content (AvgIpc) is 2.66. The van der Waals surface area contributed by atoms with Gasteiger partial charge in [-0.2, -0.15) is 0 Å². The van der Waals surface area contributed by atoms with E-state index in [1.165, 1.54) is 77.0 Å². The summed E-state index contributed by atoms with van der Waals surface area (Å²) in [7, 11) is 9.75. The fourth-order valence-corrected chi connectivity index (χ4v) is 5.24. The van der Waals surface area contributed by atoms with E-state index < -0.39 is 7.60 Å². The van der Waals surface area contributed by atoms with Crippen LogP contribution in [0.1, 0.15) is 96.8 Å². The Morgan fingerprint density at radius 3 is 1.16 bits per heavy atom. The molecule has 0 unspecified atom stereocenters. The molecule has 0 amide bonds. The summed E-state index contributed by atoms with van der Waals surface area (Å²) in [6.07, 6.45) is 19.1. The van der Waals surface area contributed by atoms with Crippen LogP contribution in [-0.2, 0) is 13.6 Å². The number of nitrogens with zero attached hydrogens (tertiary/aromatic N) is 2. The van der Waals surface area contributed by atoms with Gasteiger partial charge >= 0.3 is 7.60 Å². The first kappa shape index (κ1) is 32.1. The number of hydrogen-bond donors (Lipinski definition) is 0. The van der Waals surface area contributed by atoms with Crippen molar-refractivity contribution in [2.75, 3.05) is 74.8 Å². The van der Waals surface area contributed by atoms with Crippen LogP contribution in [0.15, 0.2) is 0 Å². The molecule has 0 aromatic rings. The predicted molar refractivity (Wildman–Crippen MR) is 140 cm³/mol. The van der Waals surface area contributed by atoms with Crippen molar-refractivity contribution in [3.8, 4) is 0 Å². The van der Waals surface area contributed by atoms with Crippen LogP contribution in [0, 0.1) is 0 Å². The second-order valence-electron chi connectivity index (χ2n) is 11.6. The van der Waals surface area contributed by atoms with Gasteiger partial charge in [0.2, 0.25) is 0 Å². The number of unbranched alkanes of at least 4 members (excludes halogenated alkanes) is 13. The van der Waals surface area contributed by atoms with Gasteiger partial charge < -0.3 is 18.0 Å². The molecule has 0 aromatic heterocycles. The van der Waals surface area contributed by atoms with Gasteiger partial charge in [0.05, 0.1) is 48.4 Å². The van der Waals surface area contributed by atoms with Crippen molar-refractivity contribution >= 4 is 7.60 Å². The fourth-order valence-electron chi connectivity index (χ4n) is 3.57. The molecule has 0 aliphatic carbocycles. The zero-order valence-corrected chi connectivity index (χ0v) is 23.9. The SMILES string of the molecule is CCCCCCCCCCCCCCCCP(=O)(OCC[N+](C)(C)C)OCC[N+](C)(C)C. The lowest BCUT2D eigenvalue weighted by atomic mass is 10.0. The number of rotatable bonds is 23. The first-order valence-electron chi connectivity index (χ1n) is 13.5. The summed E-state index contributed by atoms with van der Waals surface area (Å²) < 4.78 is 26.5. The lowest BCUT2D eigenvalue weighted by Gasteiger charge is -2.27. The molecule has 0 rings (SSSR count). The lowest BCUT2D eigenvalue weighted by molar-refractivity contribution is -0.870. The highest BCUT2D eigenvalue weighted by molar-refractivity contribution is 7.53.